The number of hydrogen-bond acceptors (Lipinski definition) is 4. The number of rotatable bonds is 4. The number of para-hydroxylation sites is 3. The van der Waals surface area contributed by atoms with Crippen molar-refractivity contribution in [2.75, 3.05) is 4.90 Å². The van der Waals surface area contributed by atoms with Gasteiger partial charge in [0.05, 0.1) is 16.8 Å². The molecule has 0 amide bonds. The summed E-state index contributed by atoms with van der Waals surface area (Å²) in [7, 11) is 0. The monoisotopic (exact) mass is 642 g/mol. The molecule has 1 aliphatic carbocycles. The number of fused-ring (bicyclic) bond motifs is 9. The summed E-state index contributed by atoms with van der Waals surface area (Å²) in [5, 5.41) is 7.54. The number of hydrogen-bond donors (Lipinski definition) is 2. The Balaban J connectivity index is 1.21. The van der Waals surface area contributed by atoms with Gasteiger partial charge in [0.1, 0.15) is 18.2 Å². The van der Waals surface area contributed by atoms with E-state index >= 15 is 0 Å². The van der Waals surface area contributed by atoms with Crippen LogP contribution in [0.3, 0.4) is 0 Å². The molecule has 4 nitrogen and oxygen atoms in total. The Bertz CT molecular complexity index is 2350. The number of aliphatic imine (C=N–C) groups is 1. The van der Waals surface area contributed by atoms with Gasteiger partial charge in [-0.2, -0.15) is 0 Å². The Kier molecular flexibility index (Phi) is 6.58. The van der Waals surface area contributed by atoms with Gasteiger partial charge in [0.25, 0.3) is 0 Å². The number of benzene rings is 7. The molecule has 2 atom stereocenters. The molecule has 7 aromatic rings. The number of anilines is 3. The first-order valence-corrected chi connectivity index (χ1v) is 17.3. The largest absolute Gasteiger partial charge is 0.350 e. The Morgan fingerprint density at radius 3 is 1.74 bits per heavy atom. The Hall–Kier alpha value is -6.23. The van der Waals surface area contributed by atoms with Crippen LogP contribution in [0.5, 0.6) is 0 Å². The third-order valence-corrected chi connectivity index (χ3v) is 10.5. The van der Waals surface area contributed by atoms with Crippen LogP contribution < -0.4 is 15.5 Å². The molecule has 10 rings (SSSR count). The van der Waals surface area contributed by atoms with Crippen LogP contribution >= 0.6 is 0 Å². The quantitative estimate of drug-likeness (QED) is 0.201. The van der Waals surface area contributed by atoms with E-state index in [-0.39, 0.29) is 12.3 Å². The van der Waals surface area contributed by atoms with Crippen molar-refractivity contribution in [1.29, 1.82) is 0 Å². The average molecular weight is 643 g/mol. The van der Waals surface area contributed by atoms with Crippen molar-refractivity contribution in [3.8, 4) is 11.1 Å². The summed E-state index contributed by atoms with van der Waals surface area (Å²) in [6.45, 7) is 0. The molecule has 2 unspecified atom stereocenters. The zero-order valence-corrected chi connectivity index (χ0v) is 27.4. The zero-order valence-electron chi connectivity index (χ0n) is 27.4. The fraction of sp³-hybridized carbons (Fsp3) is 0.0652. The maximum Gasteiger partial charge on any atom is 0.131 e. The third kappa shape index (κ3) is 4.25. The van der Waals surface area contributed by atoms with Crippen LogP contribution in [0.4, 0.5) is 17.1 Å². The van der Waals surface area contributed by atoms with E-state index in [4.69, 9.17) is 4.99 Å². The van der Waals surface area contributed by atoms with Crippen LogP contribution in [0.2, 0.25) is 0 Å². The lowest BCUT2D eigenvalue weighted by molar-refractivity contribution is 0.408. The first-order chi connectivity index (χ1) is 24.8. The highest BCUT2D eigenvalue weighted by atomic mass is 15.3. The molecular weight excluding hydrogens is 609 g/mol. The maximum atomic E-state index is 5.33. The van der Waals surface area contributed by atoms with E-state index in [9.17, 15) is 0 Å². The third-order valence-electron chi connectivity index (χ3n) is 10.5. The van der Waals surface area contributed by atoms with Gasteiger partial charge in [-0.05, 0) is 68.8 Å². The fourth-order valence-corrected chi connectivity index (χ4v) is 8.44. The van der Waals surface area contributed by atoms with Crippen molar-refractivity contribution in [1.82, 2.24) is 10.6 Å². The summed E-state index contributed by atoms with van der Waals surface area (Å²) in [5.74, 6) is 0.883. The van der Waals surface area contributed by atoms with Crippen molar-refractivity contribution >= 4 is 22.9 Å². The zero-order chi connectivity index (χ0) is 33.1. The lowest BCUT2D eigenvalue weighted by atomic mass is 9.64. The molecular formula is C46H34N4. The summed E-state index contributed by atoms with van der Waals surface area (Å²) in [6, 6.07) is 65.7. The molecule has 50 heavy (non-hydrogen) atoms. The second-order valence-corrected chi connectivity index (χ2v) is 13.2. The van der Waals surface area contributed by atoms with Gasteiger partial charge < -0.3 is 10.2 Å². The lowest BCUT2D eigenvalue weighted by Gasteiger charge is -2.45. The highest BCUT2D eigenvalue weighted by Crippen LogP contribution is 2.63. The SMILES string of the molecule is c1ccc(C2=NC(c3ccc4c(c3)C3(c5ccccc5-4)c4ccccc4N(c4ccccc4)c4ccccc43)NC(c3ccccc3)N2)cc1. The lowest BCUT2D eigenvalue weighted by Crippen LogP contribution is -2.45. The van der Waals surface area contributed by atoms with Crippen LogP contribution in [0, 0.1) is 0 Å². The van der Waals surface area contributed by atoms with Crippen molar-refractivity contribution in [2.24, 2.45) is 4.99 Å². The molecule has 0 saturated carbocycles. The van der Waals surface area contributed by atoms with E-state index in [1.807, 2.05) is 6.07 Å². The molecule has 238 valence electrons. The molecule has 1 spiro atoms. The van der Waals surface area contributed by atoms with Crippen LogP contribution in [0.15, 0.2) is 187 Å². The van der Waals surface area contributed by atoms with Gasteiger partial charge in [-0.1, -0.05) is 158 Å². The molecule has 2 heterocycles. The Morgan fingerprint density at radius 2 is 1.04 bits per heavy atom. The minimum absolute atomic E-state index is 0.108. The van der Waals surface area contributed by atoms with E-state index in [1.165, 1.54) is 50.3 Å². The highest BCUT2D eigenvalue weighted by Gasteiger charge is 2.51. The number of nitrogens with zero attached hydrogens (tertiary/aromatic N) is 2. The van der Waals surface area contributed by atoms with Gasteiger partial charge in [0.15, 0.2) is 0 Å². The van der Waals surface area contributed by atoms with Gasteiger partial charge in [-0.25, -0.2) is 4.99 Å². The average Bonchev–Trinajstić information content (AvgIpc) is 3.49. The molecule has 7 aromatic carbocycles. The molecule has 0 saturated heterocycles. The molecule has 2 aliphatic heterocycles. The van der Waals surface area contributed by atoms with Crippen LogP contribution in [-0.2, 0) is 5.41 Å². The predicted molar refractivity (Wildman–Crippen MR) is 203 cm³/mol. The minimum Gasteiger partial charge on any atom is -0.350 e. The van der Waals surface area contributed by atoms with Gasteiger partial charge >= 0.3 is 0 Å². The summed E-state index contributed by atoms with van der Waals surface area (Å²) >= 11 is 0. The van der Waals surface area contributed by atoms with Gasteiger partial charge in [-0.15, -0.1) is 0 Å². The van der Waals surface area contributed by atoms with E-state index in [2.05, 4.69) is 191 Å². The summed E-state index contributed by atoms with van der Waals surface area (Å²) < 4.78 is 0. The van der Waals surface area contributed by atoms with Crippen LogP contribution in [0.1, 0.15) is 51.3 Å². The summed E-state index contributed by atoms with van der Waals surface area (Å²) in [4.78, 5) is 7.76. The Labute approximate surface area is 292 Å². The van der Waals surface area contributed by atoms with Gasteiger partial charge in [0.2, 0.25) is 0 Å². The van der Waals surface area contributed by atoms with Crippen molar-refractivity contribution in [3.05, 3.63) is 221 Å². The molecule has 3 aliphatic rings. The maximum absolute atomic E-state index is 5.33. The number of amidine groups is 1. The summed E-state index contributed by atoms with van der Waals surface area (Å²) in [6.07, 6.45) is -0.374. The van der Waals surface area contributed by atoms with E-state index in [0.29, 0.717) is 0 Å². The standard InChI is InChI=1S/C46H34N4/c1-4-16-31(17-5-1)43-47-44(32-18-6-2-7-19-32)49-45(48-43)33-28-29-36-35-22-10-11-23-37(35)46(40(36)30-33)38-24-12-14-26-41(38)50(34-20-8-3-9-21-34)42-27-15-13-25-39(42)46/h1-30,43,45,48H,(H,47,49). The second-order valence-electron chi connectivity index (χ2n) is 13.2. The van der Waals surface area contributed by atoms with Crippen LogP contribution in [0.25, 0.3) is 11.1 Å². The normalized spacial score (nSPS) is 17.9. The Morgan fingerprint density at radius 1 is 0.480 bits per heavy atom. The smallest absolute Gasteiger partial charge is 0.131 e. The molecule has 4 heteroatoms. The van der Waals surface area contributed by atoms with Gasteiger partial charge in [-0.3, -0.25) is 5.32 Å². The number of nitrogens with one attached hydrogen (secondary N) is 2. The minimum atomic E-state index is -0.516. The highest BCUT2D eigenvalue weighted by molar-refractivity contribution is 6.00. The topological polar surface area (TPSA) is 39.7 Å². The second kappa shape index (κ2) is 11.4. The van der Waals surface area contributed by atoms with E-state index in [1.54, 1.807) is 0 Å². The fourth-order valence-electron chi connectivity index (χ4n) is 8.44. The molecule has 0 aromatic heterocycles. The molecule has 2 N–H and O–H groups in total. The first-order valence-electron chi connectivity index (χ1n) is 17.3. The van der Waals surface area contributed by atoms with Crippen molar-refractivity contribution in [3.63, 3.8) is 0 Å². The molecule has 0 bridgehead atoms. The molecule has 0 radical (unpaired) electrons. The van der Waals surface area contributed by atoms with Crippen molar-refractivity contribution in [2.45, 2.75) is 17.7 Å². The van der Waals surface area contributed by atoms with Crippen LogP contribution in [-0.4, -0.2) is 5.84 Å². The van der Waals surface area contributed by atoms with Crippen molar-refractivity contribution < 1.29 is 0 Å². The first kappa shape index (κ1) is 28.8. The molecule has 0 fully saturated rings. The van der Waals surface area contributed by atoms with Gasteiger partial charge in [0, 0.05) is 11.3 Å². The predicted octanol–water partition coefficient (Wildman–Crippen LogP) is 10.2. The van der Waals surface area contributed by atoms with E-state index < -0.39 is 5.41 Å². The summed E-state index contributed by atoms with van der Waals surface area (Å²) in [5.41, 5.74) is 14.1. The van der Waals surface area contributed by atoms with E-state index in [0.717, 1.165) is 22.6 Å².